The Morgan fingerprint density at radius 3 is 3.00 bits per heavy atom. The molecule has 1 nitrogen and oxygen atoms in total. The van der Waals surface area contributed by atoms with E-state index in [9.17, 15) is 0 Å². The second-order valence-electron chi connectivity index (χ2n) is 2.33. The SMILES string of the molecule is CC1=CC2C[C@@H]2O1. The molecule has 0 aromatic carbocycles. The standard InChI is InChI=1S/C6H8O/c1-4-2-5-3-6(5)7-4/h2,5-6H,3H2,1H3/t5?,6-/m0/s1. The molecule has 2 atom stereocenters. The van der Waals surface area contributed by atoms with Gasteiger partial charge in [-0.15, -0.1) is 0 Å². The average Bonchev–Trinajstić information content (AvgIpc) is 2.15. The molecule has 1 aliphatic heterocycles. The fourth-order valence-corrected chi connectivity index (χ4v) is 1.08. The lowest BCUT2D eigenvalue weighted by molar-refractivity contribution is 0.210. The molecule has 0 spiro atoms. The number of rotatable bonds is 0. The third kappa shape index (κ3) is 0.379. The third-order valence-electron chi connectivity index (χ3n) is 1.56. The van der Waals surface area contributed by atoms with Gasteiger partial charge < -0.3 is 4.74 Å². The molecule has 1 heterocycles. The molecule has 2 rings (SSSR count). The van der Waals surface area contributed by atoms with E-state index < -0.39 is 0 Å². The van der Waals surface area contributed by atoms with Crippen LogP contribution in [0, 0.1) is 5.92 Å². The van der Waals surface area contributed by atoms with E-state index in [-0.39, 0.29) is 0 Å². The Bertz CT molecular complexity index is 126. The van der Waals surface area contributed by atoms with Gasteiger partial charge >= 0.3 is 0 Å². The van der Waals surface area contributed by atoms with Crippen LogP contribution in [-0.2, 0) is 4.74 Å². The van der Waals surface area contributed by atoms with Gasteiger partial charge in [-0.2, -0.15) is 0 Å². The van der Waals surface area contributed by atoms with Crippen LogP contribution in [0.4, 0.5) is 0 Å². The number of allylic oxidation sites excluding steroid dienone is 1. The van der Waals surface area contributed by atoms with Crippen molar-refractivity contribution in [1.29, 1.82) is 0 Å². The van der Waals surface area contributed by atoms with Gasteiger partial charge in [0.05, 0.1) is 5.76 Å². The summed E-state index contributed by atoms with van der Waals surface area (Å²) in [6.07, 6.45) is 4.09. The summed E-state index contributed by atoms with van der Waals surface area (Å²) in [7, 11) is 0. The van der Waals surface area contributed by atoms with Crippen LogP contribution in [0.5, 0.6) is 0 Å². The van der Waals surface area contributed by atoms with Crippen LogP contribution in [0.3, 0.4) is 0 Å². The first-order chi connectivity index (χ1) is 3.36. The van der Waals surface area contributed by atoms with Crippen molar-refractivity contribution in [2.45, 2.75) is 19.4 Å². The molecule has 1 aliphatic carbocycles. The van der Waals surface area contributed by atoms with Crippen LogP contribution in [0.15, 0.2) is 11.8 Å². The van der Waals surface area contributed by atoms with Crippen LogP contribution in [0.1, 0.15) is 13.3 Å². The second kappa shape index (κ2) is 0.857. The minimum atomic E-state index is 0.597. The lowest BCUT2D eigenvalue weighted by atomic mass is 10.4. The van der Waals surface area contributed by atoms with E-state index in [2.05, 4.69) is 6.08 Å². The van der Waals surface area contributed by atoms with Crippen LogP contribution in [-0.4, -0.2) is 6.10 Å². The monoisotopic (exact) mass is 96.1 g/mol. The molecule has 1 unspecified atom stereocenters. The highest BCUT2D eigenvalue weighted by atomic mass is 16.5. The van der Waals surface area contributed by atoms with Gasteiger partial charge in [0.1, 0.15) is 6.10 Å². The molecule has 0 aromatic rings. The van der Waals surface area contributed by atoms with Crippen molar-refractivity contribution in [2.24, 2.45) is 5.92 Å². The predicted octanol–water partition coefficient (Wildman–Crippen LogP) is 1.31. The summed E-state index contributed by atoms with van der Waals surface area (Å²) in [6.45, 7) is 2.02. The van der Waals surface area contributed by atoms with Gasteiger partial charge in [-0.25, -0.2) is 0 Å². The Morgan fingerprint density at radius 1 is 1.86 bits per heavy atom. The van der Waals surface area contributed by atoms with Gasteiger partial charge in [0.25, 0.3) is 0 Å². The van der Waals surface area contributed by atoms with Crippen molar-refractivity contribution >= 4 is 0 Å². The van der Waals surface area contributed by atoms with Crippen LogP contribution >= 0.6 is 0 Å². The number of ether oxygens (including phenoxy) is 1. The van der Waals surface area contributed by atoms with E-state index in [1.54, 1.807) is 0 Å². The molecule has 7 heavy (non-hydrogen) atoms. The molecule has 38 valence electrons. The number of hydrogen-bond donors (Lipinski definition) is 0. The fraction of sp³-hybridized carbons (Fsp3) is 0.667. The number of hydrogen-bond acceptors (Lipinski definition) is 1. The van der Waals surface area contributed by atoms with E-state index in [1.807, 2.05) is 6.92 Å². The maximum atomic E-state index is 5.30. The highest BCUT2D eigenvalue weighted by molar-refractivity contribution is 5.13. The first-order valence-corrected chi connectivity index (χ1v) is 2.71. The molecule has 1 saturated carbocycles. The van der Waals surface area contributed by atoms with Crippen LogP contribution < -0.4 is 0 Å². The van der Waals surface area contributed by atoms with Crippen LogP contribution in [0.25, 0.3) is 0 Å². The highest BCUT2D eigenvalue weighted by Crippen LogP contribution is 2.42. The maximum absolute atomic E-state index is 5.30. The van der Waals surface area contributed by atoms with Crippen molar-refractivity contribution < 1.29 is 4.74 Å². The van der Waals surface area contributed by atoms with E-state index >= 15 is 0 Å². The summed E-state index contributed by atoms with van der Waals surface area (Å²) in [5, 5.41) is 0. The summed E-state index contributed by atoms with van der Waals surface area (Å²) in [6, 6.07) is 0. The lowest BCUT2D eigenvalue weighted by Gasteiger charge is -1.94. The normalized spacial score (nSPS) is 44.4. The predicted molar refractivity (Wildman–Crippen MR) is 26.7 cm³/mol. The smallest absolute Gasteiger partial charge is 0.105 e. The van der Waals surface area contributed by atoms with Crippen molar-refractivity contribution in [2.75, 3.05) is 0 Å². The minimum Gasteiger partial charge on any atom is -0.495 e. The van der Waals surface area contributed by atoms with Gasteiger partial charge in [-0.3, -0.25) is 0 Å². The molecular formula is C6H8O. The van der Waals surface area contributed by atoms with Gasteiger partial charge in [0, 0.05) is 5.92 Å². The van der Waals surface area contributed by atoms with E-state index in [4.69, 9.17) is 4.74 Å². The average molecular weight is 96.1 g/mol. The quantitative estimate of drug-likeness (QED) is 0.441. The van der Waals surface area contributed by atoms with Gasteiger partial charge in [0.2, 0.25) is 0 Å². The molecule has 1 heteroatoms. The summed E-state index contributed by atoms with van der Waals surface area (Å²) in [4.78, 5) is 0. The Hall–Kier alpha value is -0.460. The van der Waals surface area contributed by atoms with Crippen molar-refractivity contribution in [1.82, 2.24) is 0 Å². The Labute approximate surface area is 43.0 Å². The fourth-order valence-electron chi connectivity index (χ4n) is 1.08. The van der Waals surface area contributed by atoms with Crippen molar-refractivity contribution in [3.05, 3.63) is 11.8 Å². The molecule has 0 bridgehead atoms. The third-order valence-corrected chi connectivity index (χ3v) is 1.56. The minimum absolute atomic E-state index is 0.597. The Kier molecular flexibility index (Phi) is 0.432. The molecule has 0 radical (unpaired) electrons. The van der Waals surface area contributed by atoms with Crippen LogP contribution in [0.2, 0.25) is 0 Å². The Balaban J connectivity index is 2.22. The Morgan fingerprint density at radius 2 is 2.71 bits per heavy atom. The molecule has 0 N–H and O–H groups in total. The topological polar surface area (TPSA) is 9.23 Å². The van der Waals surface area contributed by atoms with E-state index in [1.165, 1.54) is 6.42 Å². The summed E-state index contributed by atoms with van der Waals surface area (Å²) in [5.74, 6) is 1.93. The van der Waals surface area contributed by atoms with Gasteiger partial charge in [-0.05, 0) is 19.4 Å². The largest absolute Gasteiger partial charge is 0.495 e. The van der Waals surface area contributed by atoms with E-state index in [0.717, 1.165) is 11.7 Å². The maximum Gasteiger partial charge on any atom is 0.105 e. The zero-order chi connectivity index (χ0) is 4.85. The second-order valence-corrected chi connectivity index (χ2v) is 2.33. The summed E-state index contributed by atoms with van der Waals surface area (Å²) in [5.41, 5.74) is 0. The molecule has 0 saturated heterocycles. The van der Waals surface area contributed by atoms with Crippen molar-refractivity contribution in [3.8, 4) is 0 Å². The molecular weight excluding hydrogens is 88.1 g/mol. The first kappa shape index (κ1) is 3.53. The highest BCUT2D eigenvalue weighted by Gasteiger charge is 2.42. The molecule has 0 aromatic heterocycles. The summed E-state index contributed by atoms with van der Waals surface area (Å²) >= 11 is 0. The molecule has 0 amide bonds. The first-order valence-electron chi connectivity index (χ1n) is 2.71. The summed E-state index contributed by atoms with van der Waals surface area (Å²) < 4.78 is 5.30. The van der Waals surface area contributed by atoms with E-state index in [0.29, 0.717) is 6.10 Å². The van der Waals surface area contributed by atoms with Gasteiger partial charge in [-0.1, -0.05) is 0 Å². The van der Waals surface area contributed by atoms with Crippen molar-refractivity contribution in [3.63, 3.8) is 0 Å². The lowest BCUT2D eigenvalue weighted by Crippen LogP contribution is -1.83. The molecule has 1 fully saturated rings. The van der Waals surface area contributed by atoms with Gasteiger partial charge in [0.15, 0.2) is 0 Å². The molecule has 2 aliphatic rings. The number of fused-ring (bicyclic) bond motifs is 1. The zero-order valence-corrected chi connectivity index (χ0v) is 4.35. The zero-order valence-electron chi connectivity index (χ0n) is 4.35.